The number of fused-ring (bicyclic) bond motifs is 9. The van der Waals surface area contributed by atoms with E-state index in [-0.39, 0.29) is 5.41 Å². The molecule has 0 aliphatic heterocycles. The van der Waals surface area contributed by atoms with Crippen molar-refractivity contribution in [1.82, 2.24) is 0 Å². The lowest BCUT2D eigenvalue weighted by Crippen LogP contribution is -2.28. The Balaban J connectivity index is 0.845. The molecule has 2 aliphatic carbocycles. The molecule has 0 radical (unpaired) electrons. The van der Waals surface area contributed by atoms with E-state index in [1.165, 1.54) is 66.8 Å². The fraction of sp³-hybridized carbons (Fsp3) is 0.0571. The Morgan fingerprint density at radius 1 is 0.292 bits per heavy atom. The van der Waals surface area contributed by atoms with Crippen molar-refractivity contribution < 1.29 is 4.42 Å². The zero-order valence-corrected chi connectivity index (χ0v) is 40.2. The minimum atomic E-state index is -0.447. The van der Waals surface area contributed by atoms with Crippen LogP contribution in [-0.4, -0.2) is 0 Å². The second-order valence-electron chi connectivity index (χ2n) is 19.9. The Labute approximate surface area is 420 Å². The molecule has 0 saturated heterocycles. The van der Waals surface area contributed by atoms with Gasteiger partial charge in [-0.15, -0.1) is 0 Å². The van der Waals surface area contributed by atoms with Gasteiger partial charge in [-0.1, -0.05) is 238 Å². The minimum absolute atomic E-state index is 0.121. The molecule has 0 unspecified atom stereocenters. The third-order valence-corrected chi connectivity index (χ3v) is 15.8. The van der Waals surface area contributed by atoms with Crippen LogP contribution < -0.4 is 4.90 Å². The van der Waals surface area contributed by atoms with Gasteiger partial charge in [-0.25, -0.2) is 0 Å². The molecule has 0 fully saturated rings. The van der Waals surface area contributed by atoms with E-state index in [0.717, 1.165) is 61.3 Å². The van der Waals surface area contributed by atoms with Gasteiger partial charge in [-0.05, 0) is 114 Å². The zero-order chi connectivity index (χ0) is 48.0. The van der Waals surface area contributed by atoms with Crippen molar-refractivity contribution in [2.45, 2.75) is 24.7 Å². The normalized spacial score (nSPS) is 13.6. The average Bonchev–Trinajstić information content (AvgIpc) is 4.06. The van der Waals surface area contributed by atoms with E-state index in [0.29, 0.717) is 0 Å². The van der Waals surface area contributed by atoms with E-state index in [1.54, 1.807) is 0 Å². The third-order valence-electron chi connectivity index (χ3n) is 15.8. The molecule has 2 nitrogen and oxygen atoms in total. The van der Waals surface area contributed by atoms with Crippen LogP contribution in [0.25, 0.3) is 77.6 Å². The van der Waals surface area contributed by atoms with Crippen LogP contribution in [0.1, 0.15) is 47.2 Å². The summed E-state index contributed by atoms with van der Waals surface area (Å²) in [7, 11) is 0. The van der Waals surface area contributed by atoms with Crippen molar-refractivity contribution in [1.29, 1.82) is 0 Å². The van der Waals surface area contributed by atoms with Crippen molar-refractivity contribution in [3.8, 4) is 55.6 Å². The molecule has 12 aromatic rings. The molecule has 0 spiro atoms. The van der Waals surface area contributed by atoms with Crippen LogP contribution in [0.3, 0.4) is 0 Å². The number of anilines is 3. The standard InChI is InChI=1S/C70H49NO/c1-69(2)63-28-12-9-21-57(63)60-44-43-54(45-66(60)69)71(52-39-33-47(34-40-52)46-17-5-3-6-18-46)53-41-35-49(36-42-53)56-25-16-27-62-61-26-15-24-55(67(61)72-68(56)62)48-31-37-51(38-32-48)70(50-19-7-4-8-20-50)64-29-13-10-22-58(64)59-23-11-14-30-65(59)70/h3-45H,1-2H3. The van der Waals surface area contributed by atoms with Gasteiger partial charge in [0.05, 0.1) is 5.41 Å². The number of furan rings is 1. The Bertz CT molecular complexity index is 3990. The van der Waals surface area contributed by atoms with Crippen LogP contribution in [0.15, 0.2) is 265 Å². The maximum Gasteiger partial charge on any atom is 0.143 e. The molecule has 340 valence electrons. The van der Waals surface area contributed by atoms with Gasteiger partial charge < -0.3 is 9.32 Å². The summed E-state index contributed by atoms with van der Waals surface area (Å²) in [6.07, 6.45) is 0. The lowest BCUT2D eigenvalue weighted by Gasteiger charge is -2.34. The molecule has 2 heteroatoms. The molecule has 1 heterocycles. The van der Waals surface area contributed by atoms with Crippen LogP contribution >= 0.6 is 0 Å². The quantitative estimate of drug-likeness (QED) is 0.151. The predicted molar refractivity (Wildman–Crippen MR) is 300 cm³/mol. The number of rotatable bonds is 8. The minimum Gasteiger partial charge on any atom is -0.455 e. The molecule has 0 N–H and O–H groups in total. The van der Waals surface area contributed by atoms with Gasteiger partial charge in [0.2, 0.25) is 0 Å². The smallest absolute Gasteiger partial charge is 0.143 e. The summed E-state index contributed by atoms with van der Waals surface area (Å²) in [5.41, 5.74) is 24.4. The lowest BCUT2D eigenvalue weighted by molar-refractivity contribution is 0.660. The summed E-state index contributed by atoms with van der Waals surface area (Å²) in [6, 6.07) is 95.6. The molecule has 0 bridgehead atoms. The Hall–Kier alpha value is -8.98. The second kappa shape index (κ2) is 16.3. The third kappa shape index (κ3) is 6.28. The summed E-state index contributed by atoms with van der Waals surface area (Å²) in [5, 5.41) is 2.21. The van der Waals surface area contributed by atoms with E-state index in [9.17, 15) is 0 Å². The van der Waals surface area contributed by atoms with Gasteiger partial charge in [0.25, 0.3) is 0 Å². The summed E-state index contributed by atoms with van der Waals surface area (Å²) in [4.78, 5) is 2.39. The first-order valence-electron chi connectivity index (χ1n) is 25.1. The molecular formula is C70H49NO. The fourth-order valence-corrected chi connectivity index (χ4v) is 12.4. The van der Waals surface area contributed by atoms with Crippen molar-refractivity contribution in [3.05, 3.63) is 294 Å². The number of para-hydroxylation sites is 2. The Kier molecular flexibility index (Phi) is 9.50. The van der Waals surface area contributed by atoms with Crippen molar-refractivity contribution >= 4 is 39.0 Å². The topological polar surface area (TPSA) is 16.4 Å². The Morgan fingerprint density at radius 2 is 0.694 bits per heavy atom. The maximum atomic E-state index is 7.08. The first kappa shape index (κ1) is 41.9. The van der Waals surface area contributed by atoms with Crippen molar-refractivity contribution in [3.63, 3.8) is 0 Å². The van der Waals surface area contributed by atoms with E-state index in [1.807, 2.05) is 0 Å². The van der Waals surface area contributed by atoms with Crippen LogP contribution in [0.4, 0.5) is 17.1 Å². The van der Waals surface area contributed by atoms with Gasteiger partial charge >= 0.3 is 0 Å². The first-order valence-corrected chi connectivity index (χ1v) is 25.1. The fourth-order valence-electron chi connectivity index (χ4n) is 12.4. The molecule has 0 saturated carbocycles. The largest absolute Gasteiger partial charge is 0.455 e. The molecule has 1 aromatic heterocycles. The number of benzene rings is 11. The van der Waals surface area contributed by atoms with Gasteiger partial charge in [0.15, 0.2) is 0 Å². The number of hydrogen-bond donors (Lipinski definition) is 0. The maximum absolute atomic E-state index is 7.08. The summed E-state index contributed by atoms with van der Waals surface area (Å²) < 4.78 is 7.08. The monoisotopic (exact) mass is 919 g/mol. The van der Waals surface area contributed by atoms with Crippen molar-refractivity contribution in [2.24, 2.45) is 0 Å². The molecule has 0 amide bonds. The van der Waals surface area contributed by atoms with Crippen molar-refractivity contribution in [2.75, 3.05) is 4.90 Å². The highest BCUT2D eigenvalue weighted by molar-refractivity contribution is 6.13. The highest BCUT2D eigenvalue weighted by atomic mass is 16.3. The first-order chi connectivity index (χ1) is 35.5. The molecular weight excluding hydrogens is 871 g/mol. The van der Waals surface area contributed by atoms with Gasteiger partial charge in [-0.3, -0.25) is 0 Å². The van der Waals surface area contributed by atoms with E-state index in [2.05, 4.69) is 280 Å². The molecule has 14 rings (SSSR count). The summed E-state index contributed by atoms with van der Waals surface area (Å²) >= 11 is 0. The Morgan fingerprint density at radius 3 is 1.26 bits per heavy atom. The average molecular weight is 920 g/mol. The van der Waals surface area contributed by atoms with Crippen LogP contribution in [0.2, 0.25) is 0 Å². The molecule has 11 aromatic carbocycles. The van der Waals surface area contributed by atoms with E-state index >= 15 is 0 Å². The SMILES string of the molecule is CC1(C)c2ccccc2-c2ccc(N(c3ccc(-c4ccccc4)cc3)c3ccc(-c4cccc5c4oc4c(-c6ccc(C7(c8ccccc8)c8ccccc8-c8ccccc87)cc6)cccc45)cc3)cc21. The van der Waals surface area contributed by atoms with Gasteiger partial charge in [0.1, 0.15) is 11.2 Å². The predicted octanol–water partition coefficient (Wildman–Crippen LogP) is 18.7. The van der Waals surface area contributed by atoms with Crippen LogP contribution in [-0.2, 0) is 10.8 Å². The summed E-state index contributed by atoms with van der Waals surface area (Å²) in [5.74, 6) is 0. The molecule has 72 heavy (non-hydrogen) atoms. The summed E-state index contributed by atoms with van der Waals surface area (Å²) in [6.45, 7) is 4.70. The number of nitrogens with zero attached hydrogens (tertiary/aromatic N) is 1. The second-order valence-corrected chi connectivity index (χ2v) is 19.9. The lowest BCUT2D eigenvalue weighted by atomic mass is 9.67. The zero-order valence-electron chi connectivity index (χ0n) is 40.2. The van der Waals surface area contributed by atoms with E-state index < -0.39 is 5.41 Å². The van der Waals surface area contributed by atoms with Crippen LogP contribution in [0.5, 0.6) is 0 Å². The van der Waals surface area contributed by atoms with Gasteiger partial charge in [-0.2, -0.15) is 0 Å². The van der Waals surface area contributed by atoms with E-state index in [4.69, 9.17) is 4.42 Å². The van der Waals surface area contributed by atoms with Gasteiger partial charge in [0, 0.05) is 44.4 Å². The number of hydrogen-bond acceptors (Lipinski definition) is 2. The van der Waals surface area contributed by atoms with Crippen LogP contribution in [0, 0.1) is 0 Å². The molecule has 2 aliphatic rings. The highest BCUT2D eigenvalue weighted by Crippen LogP contribution is 2.56. The highest BCUT2D eigenvalue weighted by Gasteiger charge is 2.46. The molecule has 0 atom stereocenters.